The van der Waals surface area contributed by atoms with Crippen molar-refractivity contribution >= 4 is 50.7 Å². The Kier molecular flexibility index (Phi) is 4.99. The van der Waals surface area contributed by atoms with Crippen LogP contribution in [0.1, 0.15) is 5.56 Å². The van der Waals surface area contributed by atoms with Gasteiger partial charge >= 0.3 is 0 Å². The van der Waals surface area contributed by atoms with Gasteiger partial charge in [0.25, 0.3) is 10.0 Å². The average molecular weight is 456 g/mol. The van der Waals surface area contributed by atoms with Crippen molar-refractivity contribution in [3.8, 4) is 11.3 Å². The predicted molar refractivity (Wildman–Crippen MR) is 109 cm³/mol. The van der Waals surface area contributed by atoms with Crippen molar-refractivity contribution in [2.24, 2.45) is 0 Å². The molecule has 4 rings (SSSR count). The number of halogens is 3. The number of nitrogens with zero attached hydrogens (tertiary/aromatic N) is 3. The Bertz CT molecular complexity index is 1190. The van der Waals surface area contributed by atoms with Crippen LogP contribution in [0.25, 0.3) is 11.3 Å². The van der Waals surface area contributed by atoms with Crippen LogP contribution < -0.4 is 4.31 Å². The number of rotatable bonds is 3. The minimum absolute atomic E-state index is 0.00181. The van der Waals surface area contributed by atoms with Crippen LogP contribution in [0.4, 0.5) is 10.1 Å². The van der Waals surface area contributed by atoms with Crippen LogP contribution in [0, 0.1) is 5.82 Å². The van der Waals surface area contributed by atoms with Crippen LogP contribution in [0.3, 0.4) is 0 Å². The van der Waals surface area contributed by atoms with Gasteiger partial charge in [-0.15, -0.1) is 0 Å². The minimum Gasteiger partial charge on any atom is -0.269 e. The van der Waals surface area contributed by atoms with Crippen LogP contribution in [0.15, 0.2) is 52.6 Å². The first-order valence-corrected chi connectivity index (χ1v) is 11.2. The van der Waals surface area contributed by atoms with E-state index in [0.717, 1.165) is 0 Å². The SMILES string of the molecule is CN1c2ccc(Cl)cc2-c2nc(SCc3c(F)cccc3Cl)ncc2S1(=O)=O. The molecule has 5 nitrogen and oxygen atoms in total. The zero-order valence-electron chi connectivity index (χ0n) is 14.4. The zero-order valence-corrected chi connectivity index (χ0v) is 17.5. The number of benzene rings is 2. The number of thioether (sulfide) groups is 1. The summed E-state index contributed by atoms with van der Waals surface area (Å²) >= 11 is 13.3. The summed E-state index contributed by atoms with van der Waals surface area (Å²) in [7, 11) is -2.30. The molecule has 0 fully saturated rings. The predicted octanol–water partition coefficient (Wildman–Crippen LogP) is 5.02. The molecule has 0 unspecified atom stereocenters. The van der Waals surface area contributed by atoms with Crippen molar-refractivity contribution in [3.63, 3.8) is 0 Å². The number of aromatic nitrogens is 2. The summed E-state index contributed by atoms with van der Waals surface area (Å²) in [5.74, 6) is -0.210. The lowest BCUT2D eigenvalue weighted by molar-refractivity contribution is 0.592. The van der Waals surface area contributed by atoms with Crippen molar-refractivity contribution in [1.82, 2.24) is 9.97 Å². The molecule has 0 N–H and O–H groups in total. The quantitative estimate of drug-likeness (QED) is 0.409. The van der Waals surface area contributed by atoms with Crippen molar-refractivity contribution in [1.29, 1.82) is 0 Å². The summed E-state index contributed by atoms with van der Waals surface area (Å²) in [5, 5.41) is 1.08. The van der Waals surface area contributed by atoms with Gasteiger partial charge in [0, 0.05) is 34.0 Å². The van der Waals surface area contributed by atoms with Gasteiger partial charge in [0.2, 0.25) is 0 Å². The van der Waals surface area contributed by atoms with Gasteiger partial charge in [0.1, 0.15) is 10.7 Å². The fourth-order valence-corrected chi connectivity index (χ4v) is 5.49. The van der Waals surface area contributed by atoms with E-state index in [1.807, 2.05) is 0 Å². The van der Waals surface area contributed by atoms with Gasteiger partial charge in [0.05, 0.1) is 17.6 Å². The van der Waals surface area contributed by atoms with E-state index in [1.165, 1.54) is 41.4 Å². The molecule has 28 heavy (non-hydrogen) atoms. The lowest BCUT2D eigenvalue weighted by Gasteiger charge is -2.28. The third-order valence-corrected chi connectivity index (χ3v) is 7.58. The smallest absolute Gasteiger partial charge is 0.267 e. The molecule has 0 aliphatic carbocycles. The van der Waals surface area contributed by atoms with E-state index in [9.17, 15) is 12.8 Å². The molecular formula is C18H12Cl2FN3O2S2. The van der Waals surface area contributed by atoms with Gasteiger partial charge in [-0.05, 0) is 30.3 Å². The number of sulfonamides is 1. The molecule has 2 aromatic carbocycles. The summed E-state index contributed by atoms with van der Waals surface area (Å²) in [6.45, 7) is 0. The summed E-state index contributed by atoms with van der Waals surface area (Å²) in [4.78, 5) is 8.56. The van der Waals surface area contributed by atoms with E-state index >= 15 is 0 Å². The molecule has 10 heteroatoms. The Morgan fingerprint density at radius 3 is 2.75 bits per heavy atom. The Morgan fingerprint density at radius 2 is 2.00 bits per heavy atom. The van der Waals surface area contributed by atoms with Gasteiger partial charge in [0.15, 0.2) is 5.16 Å². The standard InChI is InChI=1S/C18H12Cl2FN3O2S2/c1-24-15-6-5-10(19)7-11(15)17-16(28(24,25)26)8-22-18(23-17)27-9-12-13(20)3-2-4-14(12)21/h2-8H,9H2,1H3. The van der Waals surface area contributed by atoms with Gasteiger partial charge in [-0.3, -0.25) is 4.31 Å². The maximum Gasteiger partial charge on any atom is 0.267 e. The first kappa shape index (κ1) is 19.4. The van der Waals surface area contributed by atoms with E-state index in [0.29, 0.717) is 32.0 Å². The Morgan fingerprint density at radius 1 is 1.21 bits per heavy atom. The molecule has 3 aromatic rings. The molecule has 1 aromatic heterocycles. The van der Waals surface area contributed by atoms with Crippen LogP contribution in [0.5, 0.6) is 0 Å². The highest BCUT2D eigenvalue weighted by molar-refractivity contribution is 7.98. The number of hydrogen-bond donors (Lipinski definition) is 0. The fraction of sp³-hybridized carbons (Fsp3) is 0.111. The molecule has 0 saturated carbocycles. The number of anilines is 1. The highest BCUT2D eigenvalue weighted by atomic mass is 35.5. The van der Waals surface area contributed by atoms with Gasteiger partial charge in [-0.2, -0.15) is 0 Å². The summed E-state index contributed by atoms with van der Waals surface area (Å²) in [6, 6.07) is 9.38. The lowest BCUT2D eigenvalue weighted by atomic mass is 10.1. The van der Waals surface area contributed by atoms with Crippen molar-refractivity contribution in [3.05, 3.63) is 64.0 Å². The van der Waals surface area contributed by atoms with Crippen LogP contribution in [-0.4, -0.2) is 25.4 Å². The van der Waals surface area contributed by atoms with Crippen LogP contribution >= 0.6 is 35.0 Å². The topological polar surface area (TPSA) is 63.2 Å². The summed E-state index contributed by atoms with van der Waals surface area (Å²) in [5.41, 5.74) is 1.68. The molecule has 144 valence electrons. The molecule has 0 amide bonds. The molecule has 0 saturated heterocycles. The lowest BCUT2D eigenvalue weighted by Crippen LogP contribution is -2.31. The fourth-order valence-electron chi connectivity index (χ4n) is 2.86. The molecular weight excluding hydrogens is 444 g/mol. The van der Waals surface area contributed by atoms with Crippen LogP contribution in [0.2, 0.25) is 10.0 Å². The minimum atomic E-state index is -3.77. The van der Waals surface area contributed by atoms with E-state index in [2.05, 4.69) is 9.97 Å². The highest BCUT2D eigenvalue weighted by Gasteiger charge is 2.34. The number of hydrogen-bond acceptors (Lipinski definition) is 5. The third kappa shape index (κ3) is 3.24. The second-order valence-corrected chi connectivity index (χ2v) is 9.71. The molecule has 0 spiro atoms. The molecule has 0 radical (unpaired) electrons. The Labute approximate surface area is 175 Å². The Balaban J connectivity index is 1.76. The highest BCUT2D eigenvalue weighted by Crippen LogP contribution is 2.42. The summed E-state index contributed by atoms with van der Waals surface area (Å²) in [6.07, 6.45) is 1.27. The largest absolute Gasteiger partial charge is 0.269 e. The first-order valence-electron chi connectivity index (χ1n) is 8.00. The van der Waals surface area contributed by atoms with Crippen LogP contribution in [-0.2, 0) is 15.8 Å². The average Bonchev–Trinajstić information content (AvgIpc) is 2.66. The van der Waals surface area contributed by atoms with Gasteiger partial charge < -0.3 is 0 Å². The number of fused-ring (bicyclic) bond motifs is 3. The van der Waals surface area contributed by atoms with Crippen molar-refractivity contribution in [2.75, 3.05) is 11.4 Å². The normalized spacial score (nSPS) is 14.5. The third-order valence-electron chi connectivity index (χ3n) is 4.33. The second-order valence-electron chi connectivity index (χ2n) is 5.99. The first-order chi connectivity index (χ1) is 13.3. The van der Waals surface area contributed by atoms with E-state index in [-0.39, 0.29) is 16.3 Å². The summed E-state index contributed by atoms with van der Waals surface area (Å²) < 4.78 is 40.7. The van der Waals surface area contributed by atoms with Crippen molar-refractivity contribution in [2.45, 2.75) is 15.8 Å². The second kappa shape index (κ2) is 7.18. The molecule has 1 aliphatic rings. The Hall–Kier alpha value is -1.87. The maximum atomic E-state index is 14.0. The molecule has 2 heterocycles. The van der Waals surface area contributed by atoms with Gasteiger partial charge in [-0.25, -0.2) is 22.8 Å². The van der Waals surface area contributed by atoms with Gasteiger partial charge in [-0.1, -0.05) is 41.0 Å². The van der Waals surface area contributed by atoms with E-state index in [1.54, 1.807) is 24.3 Å². The maximum absolute atomic E-state index is 14.0. The van der Waals surface area contributed by atoms with E-state index in [4.69, 9.17) is 23.2 Å². The molecule has 0 bridgehead atoms. The van der Waals surface area contributed by atoms with E-state index < -0.39 is 15.8 Å². The monoisotopic (exact) mass is 455 g/mol. The molecule has 0 atom stereocenters. The zero-order chi connectivity index (χ0) is 20.1. The molecule has 1 aliphatic heterocycles. The van der Waals surface area contributed by atoms with Crippen molar-refractivity contribution < 1.29 is 12.8 Å².